The van der Waals surface area contributed by atoms with Crippen molar-refractivity contribution in [3.63, 3.8) is 0 Å². The van der Waals surface area contributed by atoms with E-state index in [1.165, 1.54) is 4.68 Å². The highest BCUT2D eigenvalue weighted by Gasteiger charge is 2.26. The fraction of sp³-hybridized carbons (Fsp3) is 0.312. The highest BCUT2D eigenvalue weighted by molar-refractivity contribution is 7.11. The van der Waals surface area contributed by atoms with E-state index in [1.807, 2.05) is 57.3 Å². The Morgan fingerprint density at radius 1 is 1.29 bits per heavy atom. The number of rotatable bonds is 5. The van der Waals surface area contributed by atoms with Gasteiger partial charge in [-0.05, 0) is 31.2 Å². The zero-order valence-electron chi connectivity index (χ0n) is 13.7. The summed E-state index contributed by atoms with van der Waals surface area (Å²) < 4.78 is 1.49. The molecule has 2 heterocycles. The lowest BCUT2D eigenvalue weighted by Crippen LogP contribution is -2.42. The molecule has 7 nitrogen and oxygen atoms in total. The molecular formula is C16H18N6OS. The van der Waals surface area contributed by atoms with E-state index in [-0.39, 0.29) is 12.5 Å². The van der Waals surface area contributed by atoms with Crippen molar-refractivity contribution in [2.45, 2.75) is 32.9 Å². The van der Waals surface area contributed by atoms with Gasteiger partial charge in [-0.2, -0.15) is 0 Å². The molecule has 3 rings (SSSR count). The molecule has 24 heavy (non-hydrogen) atoms. The molecule has 0 bridgehead atoms. The van der Waals surface area contributed by atoms with Crippen molar-refractivity contribution in [2.24, 2.45) is 0 Å². The van der Waals surface area contributed by atoms with Gasteiger partial charge in [0.1, 0.15) is 11.6 Å². The Kier molecular flexibility index (Phi) is 4.39. The number of benzene rings is 1. The van der Waals surface area contributed by atoms with Gasteiger partial charge in [0.15, 0.2) is 5.82 Å². The SMILES string of the molecule is Cc1cnc(C(C)(C)NC(=O)Cn2nnnc2-c2ccccc2)s1. The highest BCUT2D eigenvalue weighted by Crippen LogP contribution is 2.24. The minimum atomic E-state index is -0.545. The van der Waals surface area contributed by atoms with E-state index in [0.717, 1.165) is 15.4 Å². The molecule has 8 heteroatoms. The van der Waals surface area contributed by atoms with Gasteiger partial charge in [0.25, 0.3) is 0 Å². The summed E-state index contributed by atoms with van der Waals surface area (Å²) in [6.07, 6.45) is 1.81. The Morgan fingerprint density at radius 2 is 2.04 bits per heavy atom. The Morgan fingerprint density at radius 3 is 2.71 bits per heavy atom. The zero-order chi connectivity index (χ0) is 17.2. The molecule has 0 saturated heterocycles. The third-order valence-electron chi connectivity index (χ3n) is 3.47. The first-order chi connectivity index (χ1) is 11.5. The number of amides is 1. The van der Waals surface area contributed by atoms with Gasteiger partial charge < -0.3 is 5.32 Å². The zero-order valence-corrected chi connectivity index (χ0v) is 14.5. The number of carbonyl (C=O) groups excluding carboxylic acids is 1. The Bertz CT molecular complexity index is 839. The molecule has 0 aliphatic rings. The van der Waals surface area contributed by atoms with E-state index in [9.17, 15) is 4.79 Å². The van der Waals surface area contributed by atoms with Crippen LogP contribution in [0.3, 0.4) is 0 Å². The van der Waals surface area contributed by atoms with E-state index in [1.54, 1.807) is 11.3 Å². The van der Waals surface area contributed by atoms with Crippen LogP contribution >= 0.6 is 11.3 Å². The van der Waals surface area contributed by atoms with E-state index in [2.05, 4.69) is 25.8 Å². The lowest BCUT2D eigenvalue weighted by molar-refractivity contribution is -0.123. The molecule has 0 radical (unpaired) electrons. The number of tetrazole rings is 1. The van der Waals surface area contributed by atoms with Gasteiger partial charge in [-0.15, -0.1) is 16.4 Å². The summed E-state index contributed by atoms with van der Waals surface area (Å²) in [5, 5.41) is 15.5. The van der Waals surface area contributed by atoms with Gasteiger partial charge in [-0.3, -0.25) is 4.79 Å². The summed E-state index contributed by atoms with van der Waals surface area (Å²) in [6.45, 7) is 5.90. The molecule has 0 aliphatic carbocycles. The molecule has 0 aliphatic heterocycles. The predicted octanol–water partition coefficient (Wildman–Crippen LogP) is 2.16. The Labute approximate surface area is 143 Å². The predicted molar refractivity (Wildman–Crippen MR) is 91.3 cm³/mol. The summed E-state index contributed by atoms with van der Waals surface area (Å²) in [4.78, 5) is 17.9. The molecule has 0 saturated carbocycles. The second kappa shape index (κ2) is 6.48. The van der Waals surface area contributed by atoms with E-state index < -0.39 is 5.54 Å². The molecule has 1 aromatic carbocycles. The molecule has 3 aromatic rings. The molecule has 0 fully saturated rings. The maximum absolute atomic E-state index is 12.4. The summed E-state index contributed by atoms with van der Waals surface area (Å²) in [7, 11) is 0. The first kappa shape index (κ1) is 16.3. The van der Waals surface area contributed by atoms with Crippen LogP contribution in [0, 0.1) is 6.92 Å². The van der Waals surface area contributed by atoms with Crippen molar-refractivity contribution < 1.29 is 4.79 Å². The molecule has 0 unspecified atom stereocenters. The van der Waals surface area contributed by atoms with Crippen LogP contribution in [0.25, 0.3) is 11.4 Å². The molecule has 2 aromatic heterocycles. The molecule has 0 atom stereocenters. The molecule has 1 amide bonds. The third kappa shape index (κ3) is 3.48. The van der Waals surface area contributed by atoms with Crippen LogP contribution in [0.5, 0.6) is 0 Å². The van der Waals surface area contributed by atoms with E-state index in [0.29, 0.717) is 5.82 Å². The Balaban J connectivity index is 1.73. The number of carbonyl (C=O) groups is 1. The maximum Gasteiger partial charge on any atom is 0.242 e. The van der Waals surface area contributed by atoms with Crippen molar-refractivity contribution in [1.82, 2.24) is 30.5 Å². The molecule has 1 N–H and O–H groups in total. The van der Waals surface area contributed by atoms with Gasteiger partial charge in [0.2, 0.25) is 5.91 Å². The van der Waals surface area contributed by atoms with Crippen molar-refractivity contribution in [2.75, 3.05) is 0 Å². The van der Waals surface area contributed by atoms with Gasteiger partial charge in [-0.1, -0.05) is 30.3 Å². The second-order valence-corrected chi connectivity index (χ2v) is 7.21. The van der Waals surface area contributed by atoms with Crippen LogP contribution in [0.2, 0.25) is 0 Å². The molecule has 0 spiro atoms. The van der Waals surface area contributed by atoms with Crippen molar-refractivity contribution in [3.8, 4) is 11.4 Å². The minimum Gasteiger partial charge on any atom is -0.343 e. The largest absolute Gasteiger partial charge is 0.343 e. The Hall–Kier alpha value is -2.61. The number of nitrogens with zero attached hydrogens (tertiary/aromatic N) is 5. The van der Waals surface area contributed by atoms with Crippen LogP contribution < -0.4 is 5.32 Å². The molecular weight excluding hydrogens is 324 g/mol. The van der Waals surface area contributed by atoms with Crippen LogP contribution in [-0.4, -0.2) is 31.1 Å². The second-order valence-electron chi connectivity index (χ2n) is 5.98. The van der Waals surface area contributed by atoms with Crippen LogP contribution in [-0.2, 0) is 16.9 Å². The van der Waals surface area contributed by atoms with Gasteiger partial charge >= 0.3 is 0 Å². The summed E-state index contributed by atoms with van der Waals surface area (Å²) >= 11 is 1.57. The third-order valence-corrected chi connectivity index (χ3v) is 4.70. The van der Waals surface area contributed by atoms with Crippen LogP contribution in [0.4, 0.5) is 0 Å². The highest BCUT2D eigenvalue weighted by atomic mass is 32.1. The summed E-state index contributed by atoms with van der Waals surface area (Å²) in [6, 6.07) is 9.54. The number of hydrogen-bond donors (Lipinski definition) is 1. The van der Waals surface area contributed by atoms with Crippen LogP contribution in [0.1, 0.15) is 23.7 Å². The number of hydrogen-bond acceptors (Lipinski definition) is 6. The average molecular weight is 342 g/mol. The molecule has 124 valence electrons. The van der Waals surface area contributed by atoms with Crippen LogP contribution in [0.15, 0.2) is 36.5 Å². The van der Waals surface area contributed by atoms with Crippen molar-refractivity contribution in [3.05, 3.63) is 46.4 Å². The fourth-order valence-electron chi connectivity index (χ4n) is 2.33. The van der Waals surface area contributed by atoms with E-state index >= 15 is 0 Å². The van der Waals surface area contributed by atoms with Gasteiger partial charge in [-0.25, -0.2) is 9.67 Å². The number of aryl methyl sites for hydroxylation is 1. The fourth-order valence-corrected chi connectivity index (χ4v) is 3.15. The lowest BCUT2D eigenvalue weighted by atomic mass is 10.1. The van der Waals surface area contributed by atoms with Crippen molar-refractivity contribution >= 4 is 17.2 Å². The first-order valence-electron chi connectivity index (χ1n) is 7.51. The first-order valence-corrected chi connectivity index (χ1v) is 8.33. The smallest absolute Gasteiger partial charge is 0.242 e. The quantitative estimate of drug-likeness (QED) is 0.768. The minimum absolute atomic E-state index is 0.0466. The summed E-state index contributed by atoms with van der Waals surface area (Å²) in [5.74, 6) is 0.394. The topological polar surface area (TPSA) is 85.6 Å². The number of thiazole rings is 1. The van der Waals surface area contributed by atoms with E-state index in [4.69, 9.17) is 0 Å². The van der Waals surface area contributed by atoms with Gasteiger partial charge in [0, 0.05) is 16.6 Å². The lowest BCUT2D eigenvalue weighted by Gasteiger charge is -2.23. The monoisotopic (exact) mass is 342 g/mol. The number of aromatic nitrogens is 5. The average Bonchev–Trinajstić information content (AvgIpc) is 3.17. The standard InChI is InChI=1S/C16H18N6OS/c1-11-9-17-15(24-11)16(2,3)18-13(23)10-22-14(19-20-21-22)12-7-5-4-6-8-12/h4-9H,10H2,1-3H3,(H,18,23). The number of nitrogens with one attached hydrogen (secondary N) is 1. The summed E-state index contributed by atoms with van der Waals surface area (Å²) in [5.41, 5.74) is 0.321. The maximum atomic E-state index is 12.4. The van der Waals surface area contributed by atoms with Crippen molar-refractivity contribution in [1.29, 1.82) is 0 Å². The normalized spacial score (nSPS) is 11.5. The van der Waals surface area contributed by atoms with Gasteiger partial charge in [0.05, 0.1) is 5.54 Å².